The van der Waals surface area contributed by atoms with E-state index in [9.17, 15) is 14.7 Å². The molecule has 0 aromatic heterocycles. The van der Waals surface area contributed by atoms with Crippen molar-refractivity contribution in [3.63, 3.8) is 0 Å². The monoisotopic (exact) mass is 264 g/mol. The van der Waals surface area contributed by atoms with Gasteiger partial charge in [-0.2, -0.15) is 0 Å². The fraction of sp³-hybridized carbons (Fsp3) is 0.733. The van der Waals surface area contributed by atoms with Crippen molar-refractivity contribution < 1.29 is 19.4 Å². The first-order valence-electron chi connectivity index (χ1n) is 6.97. The Hall–Kier alpha value is -1.16. The van der Waals surface area contributed by atoms with E-state index in [4.69, 9.17) is 4.74 Å². The maximum absolute atomic E-state index is 11.9. The van der Waals surface area contributed by atoms with Crippen LogP contribution in [0.1, 0.15) is 33.6 Å². The summed E-state index contributed by atoms with van der Waals surface area (Å²) in [4.78, 5) is 23.7. The molecule has 1 N–H and O–H groups in total. The summed E-state index contributed by atoms with van der Waals surface area (Å²) in [5.74, 6) is -0.246. The zero-order chi connectivity index (χ0) is 13.9. The van der Waals surface area contributed by atoms with Crippen LogP contribution in [0.25, 0.3) is 0 Å². The molecular weight excluding hydrogens is 244 g/mol. The SMILES string of the molecule is CC1=CC(=O)C(O)C2(C)CCC3C(C)C(=O)OC3C12. The number of carbonyl (C=O) groups excluding carboxylic acids is 2. The van der Waals surface area contributed by atoms with Gasteiger partial charge in [-0.15, -0.1) is 0 Å². The first-order chi connectivity index (χ1) is 8.86. The van der Waals surface area contributed by atoms with Crippen molar-refractivity contribution in [1.29, 1.82) is 0 Å². The van der Waals surface area contributed by atoms with Crippen molar-refractivity contribution in [1.82, 2.24) is 0 Å². The lowest BCUT2D eigenvalue weighted by Crippen LogP contribution is -2.55. The van der Waals surface area contributed by atoms with Gasteiger partial charge in [0.2, 0.25) is 0 Å². The van der Waals surface area contributed by atoms with Crippen molar-refractivity contribution in [3.05, 3.63) is 11.6 Å². The Bertz CT molecular complexity index is 481. The maximum Gasteiger partial charge on any atom is 0.309 e. The summed E-state index contributed by atoms with van der Waals surface area (Å²) in [5, 5.41) is 10.3. The lowest BCUT2D eigenvalue weighted by Gasteiger charge is -2.50. The molecule has 0 aromatic carbocycles. The van der Waals surface area contributed by atoms with E-state index in [1.165, 1.54) is 6.08 Å². The Labute approximate surface area is 112 Å². The zero-order valence-corrected chi connectivity index (χ0v) is 11.6. The van der Waals surface area contributed by atoms with Crippen molar-refractivity contribution in [2.45, 2.75) is 45.8 Å². The van der Waals surface area contributed by atoms with Gasteiger partial charge in [0.15, 0.2) is 5.78 Å². The standard InChI is InChI=1S/C15H20O4/c1-7-6-10(16)13(17)15(3)5-4-9-8(2)14(18)19-12(9)11(7)15/h6,8-9,11-13,17H,4-5H2,1-3H3. The molecule has 3 aliphatic rings. The number of rotatable bonds is 0. The molecule has 104 valence electrons. The molecule has 0 spiro atoms. The van der Waals surface area contributed by atoms with Gasteiger partial charge >= 0.3 is 5.97 Å². The number of fused-ring (bicyclic) bond motifs is 3. The third-order valence-electron chi connectivity index (χ3n) is 5.50. The Kier molecular flexibility index (Phi) is 2.65. The van der Waals surface area contributed by atoms with Crippen LogP contribution in [0.15, 0.2) is 11.6 Å². The molecule has 4 heteroatoms. The number of carbonyl (C=O) groups is 2. The summed E-state index contributed by atoms with van der Waals surface area (Å²) >= 11 is 0. The number of hydrogen-bond donors (Lipinski definition) is 1. The van der Waals surface area contributed by atoms with Gasteiger partial charge in [-0.3, -0.25) is 9.59 Å². The van der Waals surface area contributed by atoms with Gasteiger partial charge in [0, 0.05) is 17.3 Å². The number of esters is 1. The molecule has 0 aromatic rings. The summed E-state index contributed by atoms with van der Waals surface area (Å²) in [6, 6.07) is 0. The fourth-order valence-corrected chi connectivity index (χ4v) is 4.33. The highest BCUT2D eigenvalue weighted by atomic mass is 16.6. The van der Waals surface area contributed by atoms with Crippen LogP contribution >= 0.6 is 0 Å². The Morgan fingerprint density at radius 3 is 2.79 bits per heavy atom. The van der Waals surface area contributed by atoms with Gasteiger partial charge in [0.1, 0.15) is 12.2 Å². The fourth-order valence-electron chi connectivity index (χ4n) is 4.33. The normalized spacial score (nSPS) is 49.3. The van der Waals surface area contributed by atoms with Gasteiger partial charge in [-0.05, 0) is 25.8 Å². The molecule has 19 heavy (non-hydrogen) atoms. The molecule has 0 amide bonds. The average molecular weight is 264 g/mol. The van der Waals surface area contributed by atoms with E-state index < -0.39 is 11.5 Å². The lowest BCUT2D eigenvalue weighted by molar-refractivity contribution is -0.154. The quantitative estimate of drug-likeness (QED) is 0.673. The second kappa shape index (κ2) is 3.92. The minimum Gasteiger partial charge on any atom is -0.461 e. The number of hydrogen-bond acceptors (Lipinski definition) is 4. The minimum atomic E-state index is -0.975. The average Bonchev–Trinajstić information content (AvgIpc) is 2.62. The number of ketones is 1. The molecule has 3 rings (SSSR count). The second-order valence-corrected chi connectivity index (χ2v) is 6.57. The molecule has 1 aliphatic heterocycles. The molecule has 1 saturated heterocycles. The second-order valence-electron chi connectivity index (χ2n) is 6.57. The van der Waals surface area contributed by atoms with Crippen molar-refractivity contribution in [2.24, 2.45) is 23.2 Å². The van der Waals surface area contributed by atoms with Gasteiger partial charge in [0.25, 0.3) is 0 Å². The third-order valence-corrected chi connectivity index (χ3v) is 5.50. The summed E-state index contributed by atoms with van der Waals surface area (Å²) in [6.45, 7) is 5.77. The van der Waals surface area contributed by atoms with Gasteiger partial charge in [0.05, 0.1) is 5.92 Å². The Morgan fingerprint density at radius 2 is 2.11 bits per heavy atom. The van der Waals surface area contributed by atoms with E-state index in [1.807, 2.05) is 20.8 Å². The predicted molar refractivity (Wildman–Crippen MR) is 68.1 cm³/mol. The third kappa shape index (κ3) is 1.55. The molecular formula is C15H20O4. The van der Waals surface area contributed by atoms with E-state index in [2.05, 4.69) is 0 Å². The van der Waals surface area contributed by atoms with Crippen molar-refractivity contribution in [2.75, 3.05) is 0 Å². The van der Waals surface area contributed by atoms with Crippen LogP contribution in [0.2, 0.25) is 0 Å². The summed E-state index contributed by atoms with van der Waals surface area (Å²) in [7, 11) is 0. The molecule has 0 bridgehead atoms. The van der Waals surface area contributed by atoms with Crippen LogP contribution in [-0.4, -0.2) is 29.1 Å². The van der Waals surface area contributed by atoms with Gasteiger partial charge in [-0.1, -0.05) is 19.4 Å². The molecule has 1 saturated carbocycles. The van der Waals surface area contributed by atoms with Crippen LogP contribution in [0.4, 0.5) is 0 Å². The smallest absolute Gasteiger partial charge is 0.309 e. The first-order valence-corrected chi connectivity index (χ1v) is 6.97. The summed E-state index contributed by atoms with van der Waals surface area (Å²) in [6.07, 6.45) is 1.97. The topological polar surface area (TPSA) is 63.6 Å². The van der Waals surface area contributed by atoms with E-state index in [0.29, 0.717) is 0 Å². The van der Waals surface area contributed by atoms with Crippen LogP contribution in [0.3, 0.4) is 0 Å². The summed E-state index contributed by atoms with van der Waals surface area (Å²) < 4.78 is 5.56. The largest absolute Gasteiger partial charge is 0.461 e. The zero-order valence-electron chi connectivity index (χ0n) is 11.6. The highest BCUT2D eigenvalue weighted by Gasteiger charge is 2.59. The van der Waals surface area contributed by atoms with Crippen LogP contribution < -0.4 is 0 Å². The van der Waals surface area contributed by atoms with Crippen molar-refractivity contribution >= 4 is 11.8 Å². The highest BCUT2D eigenvalue weighted by molar-refractivity contribution is 5.96. The van der Waals surface area contributed by atoms with Crippen LogP contribution in [-0.2, 0) is 14.3 Å². The van der Waals surface area contributed by atoms with E-state index in [0.717, 1.165) is 18.4 Å². The maximum atomic E-state index is 11.9. The molecule has 1 heterocycles. The molecule has 2 aliphatic carbocycles. The minimum absolute atomic E-state index is 0.0344. The predicted octanol–water partition coefficient (Wildman–Crippen LogP) is 1.47. The van der Waals surface area contributed by atoms with E-state index in [-0.39, 0.29) is 35.6 Å². The van der Waals surface area contributed by atoms with Gasteiger partial charge < -0.3 is 9.84 Å². The van der Waals surface area contributed by atoms with Crippen LogP contribution in [0.5, 0.6) is 0 Å². The van der Waals surface area contributed by atoms with E-state index in [1.54, 1.807) is 0 Å². The molecule has 6 unspecified atom stereocenters. The number of aliphatic hydroxyl groups is 1. The Balaban J connectivity index is 2.05. The molecule has 6 atom stereocenters. The van der Waals surface area contributed by atoms with Crippen LogP contribution in [0, 0.1) is 23.2 Å². The molecule has 2 fully saturated rings. The Morgan fingerprint density at radius 1 is 1.42 bits per heavy atom. The molecule has 0 radical (unpaired) electrons. The number of aliphatic hydroxyl groups excluding tert-OH is 1. The summed E-state index contributed by atoms with van der Waals surface area (Å²) in [5.41, 5.74) is 0.441. The highest BCUT2D eigenvalue weighted by Crippen LogP contribution is 2.55. The molecule has 4 nitrogen and oxygen atoms in total. The lowest BCUT2D eigenvalue weighted by atomic mass is 9.55. The van der Waals surface area contributed by atoms with Gasteiger partial charge in [-0.25, -0.2) is 0 Å². The van der Waals surface area contributed by atoms with E-state index >= 15 is 0 Å². The van der Waals surface area contributed by atoms with Crippen molar-refractivity contribution in [3.8, 4) is 0 Å². The number of ether oxygens (including phenoxy) is 1. The first kappa shape index (κ1) is 12.9.